The van der Waals surface area contributed by atoms with Crippen molar-refractivity contribution in [1.82, 2.24) is 0 Å². The van der Waals surface area contributed by atoms with Crippen LogP contribution in [0.5, 0.6) is 0 Å². The highest BCUT2D eigenvalue weighted by Gasteiger charge is 2.37. The molecule has 4 rings (SSSR count). The molecule has 31 heavy (non-hydrogen) atoms. The number of carbonyl (C=O) groups is 1. The number of ether oxygens (including phenoxy) is 1. The molecular formula is C26H31F3O2. The molecule has 168 valence electrons. The molecule has 2 saturated carbocycles. The number of hydrogen-bond acceptors (Lipinski definition) is 2. The normalized spacial score (nSPS) is 26.0. The SMILES string of the molecule is CCCCC1CC[C@@H]2CC(c3cc4ccc(C(=O)OC)c(F)c4c(F)c3F)CC[C@H]2C1. The van der Waals surface area contributed by atoms with Crippen LogP contribution in [0.2, 0.25) is 0 Å². The van der Waals surface area contributed by atoms with E-state index in [9.17, 15) is 13.6 Å². The summed E-state index contributed by atoms with van der Waals surface area (Å²) in [7, 11) is 1.12. The van der Waals surface area contributed by atoms with Crippen LogP contribution >= 0.6 is 0 Å². The molecule has 0 aromatic heterocycles. The summed E-state index contributed by atoms with van der Waals surface area (Å²) in [6, 6.07) is 4.33. The fraction of sp³-hybridized carbons (Fsp3) is 0.577. The number of methoxy groups -OCH3 is 1. The van der Waals surface area contributed by atoms with Gasteiger partial charge >= 0.3 is 5.97 Å². The highest BCUT2D eigenvalue weighted by Crippen LogP contribution is 2.49. The molecule has 2 fully saturated rings. The molecule has 0 radical (unpaired) electrons. The summed E-state index contributed by atoms with van der Waals surface area (Å²) in [6.07, 6.45) is 10.3. The Kier molecular flexibility index (Phi) is 6.59. The molecule has 2 aliphatic carbocycles. The minimum absolute atomic E-state index is 0.0457. The predicted molar refractivity (Wildman–Crippen MR) is 116 cm³/mol. The first kappa shape index (κ1) is 22.2. The van der Waals surface area contributed by atoms with E-state index in [0.29, 0.717) is 17.4 Å². The van der Waals surface area contributed by atoms with Gasteiger partial charge in [-0.15, -0.1) is 0 Å². The van der Waals surface area contributed by atoms with Gasteiger partial charge in [0.05, 0.1) is 18.1 Å². The molecule has 0 aliphatic heterocycles. The number of esters is 1. The summed E-state index contributed by atoms with van der Waals surface area (Å²) in [5.41, 5.74) is -0.0387. The van der Waals surface area contributed by atoms with Crippen LogP contribution in [0.4, 0.5) is 13.2 Å². The van der Waals surface area contributed by atoms with Gasteiger partial charge in [0.1, 0.15) is 5.82 Å². The number of carbonyl (C=O) groups excluding carboxylic acids is 1. The van der Waals surface area contributed by atoms with Crippen molar-refractivity contribution in [1.29, 1.82) is 0 Å². The zero-order chi connectivity index (χ0) is 22.1. The van der Waals surface area contributed by atoms with Crippen molar-refractivity contribution < 1.29 is 22.7 Å². The minimum atomic E-state index is -1.21. The molecule has 0 N–H and O–H groups in total. The van der Waals surface area contributed by atoms with E-state index in [1.807, 2.05) is 0 Å². The van der Waals surface area contributed by atoms with E-state index in [4.69, 9.17) is 0 Å². The van der Waals surface area contributed by atoms with E-state index in [1.165, 1.54) is 50.7 Å². The average molecular weight is 433 g/mol. The van der Waals surface area contributed by atoms with Crippen LogP contribution in [-0.2, 0) is 4.74 Å². The van der Waals surface area contributed by atoms with E-state index in [1.54, 1.807) is 6.07 Å². The van der Waals surface area contributed by atoms with E-state index in [0.717, 1.165) is 32.3 Å². The Bertz CT molecular complexity index is 971. The molecule has 2 aromatic carbocycles. The van der Waals surface area contributed by atoms with Gasteiger partial charge in [0.25, 0.3) is 0 Å². The first-order valence-corrected chi connectivity index (χ1v) is 11.6. The summed E-state index contributed by atoms with van der Waals surface area (Å²) in [4.78, 5) is 11.7. The van der Waals surface area contributed by atoms with Gasteiger partial charge in [0.15, 0.2) is 11.6 Å². The summed E-state index contributed by atoms with van der Waals surface area (Å²) in [5, 5.41) is -0.196. The van der Waals surface area contributed by atoms with Crippen LogP contribution < -0.4 is 0 Å². The van der Waals surface area contributed by atoms with Gasteiger partial charge < -0.3 is 4.74 Å². The van der Waals surface area contributed by atoms with Crippen LogP contribution in [0.25, 0.3) is 10.8 Å². The zero-order valence-electron chi connectivity index (χ0n) is 18.4. The second kappa shape index (κ2) is 9.22. The molecule has 0 saturated heterocycles. The number of fused-ring (bicyclic) bond motifs is 2. The number of benzene rings is 2. The largest absolute Gasteiger partial charge is 0.465 e. The second-order valence-electron chi connectivity index (χ2n) is 9.46. The van der Waals surface area contributed by atoms with Crippen LogP contribution in [0.1, 0.15) is 86.6 Å². The lowest BCUT2D eigenvalue weighted by atomic mass is 9.63. The van der Waals surface area contributed by atoms with Gasteiger partial charge in [-0.3, -0.25) is 0 Å². The number of hydrogen-bond donors (Lipinski definition) is 0. The van der Waals surface area contributed by atoms with Crippen LogP contribution in [0, 0.1) is 35.2 Å². The number of halogens is 3. The second-order valence-corrected chi connectivity index (χ2v) is 9.46. The maximum atomic E-state index is 15.1. The van der Waals surface area contributed by atoms with Crippen molar-refractivity contribution in [2.24, 2.45) is 17.8 Å². The van der Waals surface area contributed by atoms with Crippen LogP contribution in [0.3, 0.4) is 0 Å². The molecule has 2 unspecified atom stereocenters. The Morgan fingerprint density at radius 2 is 1.74 bits per heavy atom. The Morgan fingerprint density at radius 1 is 1.00 bits per heavy atom. The van der Waals surface area contributed by atoms with Gasteiger partial charge in [-0.05, 0) is 78.9 Å². The lowest BCUT2D eigenvalue weighted by Gasteiger charge is -2.42. The number of rotatable bonds is 5. The van der Waals surface area contributed by atoms with Crippen molar-refractivity contribution >= 4 is 16.7 Å². The fourth-order valence-electron chi connectivity index (χ4n) is 5.99. The third-order valence-corrected chi connectivity index (χ3v) is 7.68. The summed E-state index contributed by atoms with van der Waals surface area (Å²) in [5.74, 6) is -2.13. The molecule has 0 amide bonds. The van der Waals surface area contributed by atoms with E-state index in [2.05, 4.69) is 11.7 Å². The minimum Gasteiger partial charge on any atom is -0.465 e. The monoisotopic (exact) mass is 432 g/mol. The Morgan fingerprint density at radius 3 is 2.48 bits per heavy atom. The van der Waals surface area contributed by atoms with Crippen LogP contribution in [-0.4, -0.2) is 13.1 Å². The molecule has 2 nitrogen and oxygen atoms in total. The summed E-state index contributed by atoms with van der Waals surface area (Å²) >= 11 is 0. The predicted octanol–water partition coefficient (Wildman–Crippen LogP) is 7.53. The molecule has 2 aliphatic rings. The first-order chi connectivity index (χ1) is 14.9. The van der Waals surface area contributed by atoms with Crippen molar-refractivity contribution in [3.05, 3.63) is 46.8 Å². The van der Waals surface area contributed by atoms with Crippen molar-refractivity contribution in [2.75, 3.05) is 7.11 Å². The highest BCUT2D eigenvalue weighted by molar-refractivity contribution is 5.96. The average Bonchev–Trinajstić information content (AvgIpc) is 2.79. The maximum absolute atomic E-state index is 15.1. The quantitative estimate of drug-likeness (QED) is 0.456. The van der Waals surface area contributed by atoms with Gasteiger partial charge in [0, 0.05) is 0 Å². The van der Waals surface area contributed by atoms with Crippen molar-refractivity contribution in [3.8, 4) is 0 Å². The Balaban J connectivity index is 1.58. The van der Waals surface area contributed by atoms with Gasteiger partial charge in [0.2, 0.25) is 0 Å². The molecule has 4 atom stereocenters. The van der Waals surface area contributed by atoms with E-state index < -0.39 is 28.8 Å². The molecule has 0 bridgehead atoms. The molecule has 2 aromatic rings. The summed E-state index contributed by atoms with van der Waals surface area (Å²) in [6.45, 7) is 2.23. The molecule has 0 heterocycles. The third-order valence-electron chi connectivity index (χ3n) is 7.68. The van der Waals surface area contributed by atoms with Crippen molar-refractivity contribution in [2.45, 2.75) is 70.6 Å². The zero-order valence-corrected chi connectivity index (χ0v) is 18.4. The van der Waals surface area contributed by atoms with Gasteiger partial charge in [-0.1, -0.05) is 38.7 Å². The fourth-order valence-corrected chi connectivity index (χ4v) is 5.99. The lowest BCUT2D eigenvalue weighted by Crippen LogP contribution is -2.30. The first-order valence-electron chi connectivity index (χ1n) is 11.6. The molecule has 0 spiro atoms. The van der Waals surface area contributed by atoms with Gasteiger partial charge in [-0.25, -0.2) is 18.0 Å². The highest BCUT2D eigenvalue weighted by atomic mass is 19.2. The topological polar surface area (TPSA) is 26.3 Å². The summed E-state index contributed by atoms with van der Waals surface area (Å²) < 4.78 is 49.3. The standard InChI is InChI=1S/C26H31F3O2/c1-3-4-5-15-6-7-17-13-18(9-8-16(17)12-15)21-14-19-10-11-20(26(30)31-2)23(27)22(19)25(29)24(21)28/h10-11,14-18H,3-9,12-13H2,1-2H3/t15?,16-,17+,18?/m0/s1. The number of unbranched alkanes of at least 4 members (excludes halogenated alkanes) is 1. The van der Waals surface area contributed by atoms with Gasteiger partial charge in [-0.2, -0.15) is 0 Å². The molecule has 5 heteroatoms. The van der Waals surface area contributed by atoms with Crippen molar-refractivity contribution in [3.63, 3.8) is 0 Å². The van der Waals surface area contributed by atoms with E-state index in [-0.39, 0.29) is 16.9 Å². The Labute approximate surface area is 182 Å². The van der Waals surface area contributed by atoms with E-state index >= 15 is 4.39 Å². The Hall–Kier alpha value is -2.04. The molecular weight excluding hydrogens is 401 g/mol. The smallest absolute Gasteiger partial charge is 0.340 e. The maximum Gasteiger partial charge on any atom is 0.340 e. The lowest BCUT2D eigenvalue weighted by molar-refractivity contribution is 0.0596. The third kappa shape index (κ3) is 4.20. The van der Waals surface area contributed by atoms with Crippen LogP contribution in [0.15, 0.2) is 18.2 Å².